The van der Waals surface area contributed by atoms with Gasteiger partial charge in [-0.1, -0.05) is 12.1 Å². The number of carbonyl (C=O) groups excluding carboxylic acids is 3. The van der Waals surface area contributed by atoms with E-state index in [1.165, 1.54) is 24.3 Å². The molecule has 3 aromatic rings. The number of likely N-dealkylation sites (tertiary alicyclic amines) is 1. The molecular weight excluding hydrogens is 474 g/mol. The number of carbonyl (C=O) groups is 3. The Morgan fingerprint density at radius 2 is 1.64 bits per heavy atom. The fourth-order valence-corrected chi connectivity index (χ4v) is 4.79. The topological polar surface area (TPSA) is 113 Å². The van der Waals surface area contributed by atoms with Gasteiger partial charge in [0.2, 0.25) is 11.8 Å². The fourth-order valence-electron chi connectivity index (χ4n) is 4.79. The zero-order valence-electron chi connectivity index (χ0n) is 19.7. The summed E-state index contributed by atoms with van der Waals surface area (Å²) in [5, 5.41) is 6.48. The molecule has 0 radical (unpaired) electrons. The summed E-state index contributed by atoms with van der Waals surface area (Å²) in [4.78, 5) is 54.2. The molecule has 1 saturated heterocycles. The number of rotatable bonds is 2. The van der Waals surface area contributed by atoms with Gasteiger partial charge in [-0.05, 0) is 50.6 Å². The van der Waals surface area contributed by atoms with Crippen molar-refractivity contribution in [3.8, 4) is 0 Å². The van der Waals surface area contributed by atoms with Crippen LogP contribution < -0.4 is 10.5 Å². The van der Waals surface area contributed by atoms with Crippen LogP contribution in [0.1, 0.15) is 57.0 Å². The number of aromatic amines is 1. The Morgan fingerprint density at radius 3 is 2.25 bits per heavy atom. The Kier molecular flexibility index (Phi) is 5.38. The van der Waals surface area contributed by atoms with E-state index >= 15 is 0 Å². The molecule has 2 unspecified atom stereocenters. The van der Waals surface area contributed by atoms with Gasteiger partial charge in [0.15, 0.2) is 0 Å². The van der Waals surface area contributed by atoms with Crippen molar-refractivity contribution in [2.24, 2.45) is 0 Å². The number of anilines is 1. The molecule has 0 aliphatic carbocycles. The number of H-pyrrole nitrogens is 1. The maximum absolute atomic E-state index is 14.8. The number of nitrogens with zero attached hydrogens (tertiary/aromatic N) is 3. The number of benzene rings is 2. The van der Waals surface area contributed by atoms with E-state index in [1.807, 2.05) is 0 Å². The average Bonchev–Trinajstić information content (AvgIpc) is 3.12. The molecule has 2 atom stereocenters. The van der Waals surface area contributed by atoms with E-state index in [4.69, 9.17) is 4.74 Å². The average molecular weight is 496 g/mol. The Balaban J connectivity index is 1.87. The van der Waals surface area contributed by atoms with Gasteiger partial charge < -0.3 is 4.74 Å². The van der Waals surface area contributed by atoms with Crippen LogP contribution in [-0.4, -0.2) is 38.6 Å². The summed E-state index contributed by atoms with van der Waals surface area (Å²) in [6, 6.07) is 4.88. The second kappa shape index (κ2) is 8.21. The lowest BCUT2D eigenvalue weighted by Gasteiger charge is -2.44. The zero-order chi connectivity index (χ0) is 25.9. The smallest absolute Gasteiger partial charge is 0.415 e. The third kappa shape index (κ3) is 3.80. The van der Waals surface area contributed by atoms with E-state index in [9.17, 15) is 28.0 Å². The van der Waals surface area contributed by atoms with Crippen LogP contribution in [0.5, 0.6) is 0 Å². The van der Waals surface area contributed by atoms with Gasteiger partial charge in [0.05, 0.1) is 22.8 Å². The lowest BCUT2D eigenvalue weighted by Crippen LogP contribution is -2.49. The minimum absolute atomic E-state index is 0.0162. The van der Waals surface area contributed by atoms with Crippen molar-refractivity contribution in [2.45, 2.75) is 51.3 Å². The predicted octanol–water partition coefficient (Wildman–Crippen LogP) is 3.89. The van der Waals surface area contributed by atoms with Gasteiger partial charge in [-0.3, -0.25) is 24.2 Å². The summed E-state index contributed by atoms with van der Waals surface area (Å²) in [5.74, 6) is -2.32. The first-order chi connectivity index (χ1) is 17.0. The first kappa shape index (κ1) is 23.6. The van der Waals surface area contributed by atoms with Crippen molar-refractivity contribution in [3.63, 3.8) is 0 Å². The largest absolute Gasteiger partial charge is 0.443 e. The second-order valence-corrected chi connectivity index (χ2v) is 9.73. The number of aromatic nitrogens is 2. The molecule has 5 rings (SSSR count). The van der Waals surface area contributed by atoms with Crippen LogP contribution in [0.15, 0.2) is 41.2 Å². The summed E-state index contributed by atoms with van der Waals surface area (Å²) in [6.45, 7) is 4.94. The number of halogens is 2. The highest BCUT2D eigenvalue weighted by atomic mass is 19.1. The van der Waals surface area contributed by atoms with Gasteiger partial charge >= 0.3 is 6.09 Å². The van der Waals surface area contributed by atoms with Crippen molar-refractivity contribution in [1.29, 1.82) is 0 Å². The van der Waals surface area contributed by atoms with E-state index < -0.39 is 52.8 Å². The summed E-state index contributed by atoms with van der Waals surface area (Å²) in [6.07, 6.45) is -0.986. The number of amides is 3. The minimum Gasteiger partial charge on any atom is -0.443 e. The lowest BCUT2D eigenvalue weighted by molar-refractivity contribution is -0.142. The van der Waals surface area contributed by atoms with Crippen LogP contribution in [0.2, 0.25) is 0 Å². The summed E-state index contributed by atoms with van der Waals surface area (Å²) >= 11 is 0. The first-order valence-corrected chi connectivity index (χ1v) is 11.3. The number of imide groups is 1. The third-order valence-corrected chi connectivity index (χ3v) is 6.15. The molecule has 0 spiro atoms. The number of hydrogen-bond donors (Lipinski definition) is 1. The van der Waals surface area contributed by atoms with E-state index in [0.29, 0.717) is 5.56 Å². The van der Waals surface area contributed by atoms with E-state index in [-0.39, 0.29) is 35.0 Å². The van der Waals surface area contributed by atoms with Crippen LogP contribution in [0.25, 0.3) is 10.8 Å². The Labute approximate surface area is 203 Å². The molecule has 1 N–H and O–H groups in total. The molecule has 36 heavy (non-hydrogen) atoms. The number of ether oxygens (including phenoxy) is 1. The van der Waals surface area contributed by atoms with Gasteiger partial charge in [-0.15, -0.1) is 0 Å². The SMILES string of the molecule is CC(C)(C)OC(=O)N1c2cc(F)cc3c(=O)[nH]nc(c23)C(N2C(=O)CCC2=O)C1c1ccc(F)cc1. The van der Waals surface area contributed by atoms with Crippen molar-refractivity contribution < 1.29 is 27.9 Å². The molecule has 2 aliphatic rings. The van der Waals surface area contributed by atoms with Crippen molar-refractivity contribution >= 4 is 34.4 Å². The van der Waals surface area contributed by atoms with Gasteiger partial charge in [0.25, 0.3) is 5.56 Å². The van der Waals surface area contributed by atoms with Crippen LogP contribution >= 0.6 is 0 Å². The zero-order valence-corrected chi connectivity index (χ0v) is 19.7. The third-order valence-electron chi connectivity index (χ3n) is 6.15. The fraction of sp³-hybridized carbons (Fsp3) is 0.320. The van der Waals surface area contributed by atoms with Crippen LogP contribution in [0.4, 0.5) is 19.3 Å². The van der Waals surface area contributed by atoms with Crippen LogP contribution in [0.3, 0.4) is 0 Å². The molecule has 0 bridgehead atoms. The second-order valence-electron chi connectivity index (χ2n) is 9.73. The van der Waals surface area contributed by atoms with Gasteiger partial charge in [-0.2, -0.15) is 5.10 Å². The Hall–Kier alpha value is -4.15. The molecule has 3 amide bonds. The predicted molar refractivity (Wildman–Crippen MR) is 124 cm³/mol. The van der Waals surface area contributed by atoms with Gasteiger partial charge in [0, 0.05) is 18.2 Å². The van der Waals surface area contributed by atoms with Crippen molar-refractivity contribution in [3.05, 3.63) is 69.6 Å². The molecule has 2 aromatic carbocycles. The van der Waals surface area contributed by atoms with Crippen molar-refractivity contribution in [2.75, 3.05) is 4.90 Å². The van der Waals surface area contributed by atoms with Crippen molar-refractivity contribution in [1.82, 2.24) is 15.1 Å². The highest BCUT2D eigenvalue weighted by Crippen LogP contribution is 2.50. The normalized spacial score (nSPS) is 19.8. The maximum atomic E-state index is 14.8. The minimum atomic E-state index is -1.19. The summed E-state index contributed by atoms with van der Waals surface area (Å²) in [5.41, 5.74) is -1.24. The van der Waals surface area contributed by atoms with E-state index in [2.05, 4.69) is 10.2 Å². The molecule has 9 nitrogen and oxygen atoms in total. The maximum Gasteiger partial charge on any atom is 0.415 e. The lowest BCUT2D eigenvalue weighted by atomic mass is 9.86. The summed E-state index contributed by atoms with van der Waals surface area (Å²) in [7, 11) is 0. The monoisotopic (exact) mass is 496 g/mol. The van der Waals surface area contributed by atoms with E-state index in [0.717, 1.165) is 21.9 Å². The highest BCUT2D eigenvalue weighted by molar-refractivity contribution is 6.07. The molecule has 11 heteroatoms. The molecule has 0 saturated carbocycles. The van der Waals surface area contributed by atoms with Gasteiger partial charge in [0.1, 0.15) is 23.3 Å². The highest BCUT2D eigenvalue weighted by Gasteiger charge is 2.50. The standard InChI is InChI=1S/C25H22F2N4O5/c1-25(2,3)36-24(35)30-16-11-14(27)10-15-19(16)20(28-29-23(15)34)22(31-17(32)8-9-18(31)33)21(30)12-4-6-13(26)7-5-12/h4-7,10-11,21-22H,8-9H2,1-3H3,(H,29,34). The first-order valence-electron chi connectivity index (χ1n) is 11.3. The molecule has 1 aromatic heterocycles. The van der Waals surface area contributed by atoms with E-state index in [1.54, 1.807) is 20.8 Å². The molecule has 186 valence electrons. The molecule has 2 aliphatic heterocycles. The number of nitrogens with one attached hydrogen (secondary N) is 1. The molecule has 1 fully saturated rings. The quantitative estimate of drug-likeness (QED) is 0.539. The Morgan fingerprint density at radius 1 is 1.00 bits per heavy atom. The Bertz CT molecular complexity index is 1460. The van der Waals surface area contributed by atoms with Gasteiger partial charge in [-0.25, -0.2) is 18.7 Å². The van der Waals surface area contributed by atoms with Crippen LogP contribution in [0, 0.1) is 11.6 Å². The van der Waals surface area contributed by atoms with Crippen LogP contribution in [-0.2, 0) is 14.3 Å². The molecular formula is C25H22F2N4O5. The molecule has 3 heterocycles. The summed E-state index contributed by atoms with van der Waals surface area (Å²) < 4.78 is 34.3. The number of hydrogen-bond acceptors (Lipinski definition) is 6.